The van der Waals surface area contributed by atoms with Crippen LogP contribution in [0.5, 0.6) is 0 Å². The summed E-state index contributed by atoms with van der Waals surface area (Å²) in [4.78, 5) is 16.7. The molecule has 0 N–H and O–H groups in total. The van der Waals surface area contributed by atoms with E-state index in [4.69, 9.17) is 4.74 Å². The summed E-state index contributed by atoms with van der Waals surface area (Å²) < 4.78 is 6.58. The Morgan fingerprint density at radius 1 is 1.10 bits per heavy atom. The lowest BCUT2D eigenvalue weighted by Gasteiger charge is -2.48. The van der Waals surface area contributed by atoms with E-state index in [2.05, 4.69) is 42.2 Å². The summed E-state index contributed by atoms with van der Waals surface area (Å²) >= 11 is 0. The summed E-state index contributed by atoms with van der Waals surface area (Å²) in [5.74, 6) is 2.34. The van der Waals surface area contributed by atoms with Gasteiger partial charge in [0.05, 0.1) is 5.57 Å². The molecule has 1 aromatic carbocycles. The fourth-order valence-electron chi connectivity index (χ4n) is 6.57. The molecule has 148 valence electrons. The minimum absolute atomic E-state index is 0.172. The van der Waals surface area contributed by atoms with Gasteiger partial charge in [-0.15, -0.1) is 0 Å². The molecule has 1 aliphatic heterocycles. The van der Waals surface area contributed by atoms with Gasteiger partial charge in [-0.05, 0) is 78.2 Å². The molecule has 0 amide bonds. The second kappa shape index (κ2) is 6.29. The smallest absolute Gasteiger partial charge is 0.166 e. The number of allylic oxidation sites excluding steroid dienone is 3. The standard InChI is InChI=1S/C26H27NO2/c1-26-11-9-18-14-20-23(28)3-2-4-24(20)29-25(18)22(26)8-7-21(26)17-6-5-16-10-12-27-15-19(16)13-17/h5-6,10,12-15,21-22,25H,2-4,7-9,11H2,1H3/t21-,22+,25+,26-/m1/s1. The van der Waals surface area contributed by atoms with Crippen LogP contribution in [0.1, 0.15) is 63.4 Å². The van der Waals surface area contributed by atoms with Crippen LogP contribution in [0.4, 0.5) is 0 Å². The largest absolute Gasteiger partial charge is 0.489 e. The molecule has 0 saturated heterocycles. The molecular weight excluding hydrogens is 358 g/mol. The van der Waals surface area contributed by atoms with Crippen molar-refractivity contribution in [1.29, 1.82) is 0 Å². The van der Waals surface area contributed by atoms with Crippen molar-refractivity contribution in [2.24, 2.45) is 11.3 Å². The molecular formula is C26H27NO2. The van der Waals surface area contributed by atoms with E-state index in [0.717, 1.165) is 30.6 Å². The van der Waals surface area contributed by atoms with Crippen molar-refractivity contribution in [3.8, 4) is 0 Å². The molecule has 2 aromatic rings. The highest BCUT2D eigenvalue weighted by Gasteiger charge is 2.54. The molecule has 4 aliphatic rings. The number of Topliss-reactive ketones (excluding diaryl/α,β-unsaturated/α-hetero) is 1. The van der Waals surface area contributed by atoms with Gasteiger partial charge in [-0.2, -0.15) is 0 Å². The molecule has 3 heteroatoms. The Hall–Kier alpha value is -2.42. The molecule has 0 radical (unpaired) electrons. The molecule has 2 heterocycles. The minimum Gasteiger partial charge on any atom is -0.489 e. The van der Waals surface area contributed by atoms with E-state index in [0.29, 0.717) is 18.3 Å². The maximum Gasteiger partial charge on any atom is 0.166 e. The molecule has 1 aromatic heterocycles. The quantitative estimate of drug-likeness (QED) is 0.617. The zero-order chi connectivity index (χ0) is 19.6. The fourth-order valence-corrected chi connectivity index (χ4v) is 6.57. The van der Waals surface area contributed by atoms with E-state index >= 15 is 0 Å². The highest BCUT2D eigenvalue weighted by atomic mass is 16.5. The number of benzene rings is 1. The number of aromatic nitrogens is 1. The number of carbonyl (C=O) groups excluding carboxylic acids is 1. The summed E-state index contributed by atoms with van der Waals surface area (Å²) in [6, 6.07) is 9.02. The Balaban J connectivity index is 1.34. The third-order valence-corrected chi connectivity index (χ3v) is 8.17. The van der Waals surface area contributed by atoms with Gasteiger partial charge in [0.25, 0.3) is 0 Å². The Kier molecular flexibility index (Phi) is 3.78. The Morgan fingerprint density at radius 2 is 2.03 bits per heavy atom. The van der Waals surface area contributed by atoms with Gasteiger partial charge in [0.1, 0.15) is 11.9 Å². The fraction of sp³-hybridized carbons (Fsp3) is 0.462. The van der Waals surface area contributed by atoms with E-state index < -0.39 is 0 Å². The lowest BCUT2D eigenvalue weighted by Crippen LogP contribution is -2.43. The number of fused-ring (bicyclic) bond motifs is 4. The van der Waals surface area contributed by atoms with Crippen LogP contribution in [0.2, 0.25) is 0 Å². The zero-order valence-electron chi connectivity index (χ0n) is 17.0. The molecule has 2 fully saturated rings. The number of hydrogen-bond acceptors (Lipinski definition) is 3. The summed E-state index contributed by atoms with van der Waals surface area (Å²) in [5.41, 5.74) is 3.94. The van der Waals surface area contributed by atoms with Crippen LogP contribution < -0.4 is 0 Å². The number of ether oxygens (including phenoxy) is 1. The molecule has 4 atom stereocenters. The SMILES string of the molecule is C[C@]12CCC3=CC4=C(CCCC4=O)O[C@@H]3[C@@H]1CC[C@@H]2c1ccc2ccncc2c1. The first-order valence-corrected chi connectivity index (χ1v) is 11.1. The van der Waals surface area contributed by atoms with Crippen molar-refractivity contribution < 1.29 is 9.53 Å². The van der Waals surface area contributed by atoms with Gasteiger partial charge in [0.15, 0.2) is 5.78 Å². The number of pyridine rings is 1. The molecule has 0 spiro atoms. The van der Waals surface area contributed by atoms with Crippen molar-refractivity contribution in [3.05, 3.63) is 65.2 Å². The average Bonchev–Trinajstić information content (AvgIpc) is 3.10. The highest BCUT2D eigenvalue weighted by Crippen LogP contribution is 2.62. The Morgan fingerprint density at radius 3 is 2.97 bits per heavy atom. The first-order valence-electron chi connectivity index (χ1n) is 11.1. The molecule has 3 aliphatic carbocycles. The predicted octanol–water partition coefficient (Wildman–Crippen LogP) is 5.86. The highest BCUT2D eigenvalue weighted by molar-refractivity contribution is 5.99. The van der Waals surface area contributed by atoms with Crippen LogP contribution in [0, 0.1) is 11.3 Å². The van der Waals surface area contributed by atoms with Crippen molar-refractivity contribution in [2.75, 3.05) is 0 Å². The van der Waals surface area contributed by atoms with Gasteiger partial charge in [-0.3, -0.25) is 9.78 Å². The van der Waals surface area contributed by atoms with Crippen molar-refractivity contribution in [1.82, 2.24) is 4.98 Å². The summed E-state index contributed by atoms with van der Waals surface area (Å²) in [7, 11) is 0. The zero-order valence-corrected chi connectivity index (χ0v) is 17.0. The number of ketones is 1. The van der Waals surface area contributed by atoms with Gasteiger partial charge in [-0.25, -0.2) is 0 Å². The maximum absolute atomic E-state index is 12.4. The van der Waals surface area contributed by atoms with Crippen LogP contribution in [-0.4, -0.2) is 16.9 Å². The van der Waals surface area contributed by atoms with Crippen LogP contribution in [-0.2, 0) is 9.53 Å². The summed E-state index contributed by atoms with van der Waals surface area (Å²) in [6.07, 6.45) is 13.4. The Labute approximate surface area is 171 Å². The lowest BCUT2D eigenvalue weighted by molar-refractivity contribution is -0.116. The summed E-state index contributed by atoms with van der Waals surface area (Å²) in [5, 5.41) is 2.49. The molecule has 6 rings (SSSR count). The second-order valence-corrected chi connectivity index (χ2v) is 9.60. The molecule has 3 nitrogen and oxygen atoms in total. The first kappa shape index (κ1) is 17.4. The second-order valence-electron chi connectivity index (χ2n) is 9.60. The maximum atomic E-state index is 12.4. The van der Waals surface area contributed by atoms with E-state index in [-0.39, 0.29) is 17.3 Å². The van der Waals surface area contributed by atoms with Gasteiger partial charge in [0.2, 0.25) is 0 Å². The van der Waals surface area contributed by atoms with Crippen molar-refractivity contribution >= 4 is 16.6 Å². The molecule has 29 heavy (non-hydrogen) atoms. The van der Waals surface area contributed by atoms with Crippen LogP contribution in [0.15, 0.2) is 59.6 Å². The third-order valence-electron chi connectivity index (χ3n) is 8.17. The number of rotatable bonds is 1. The molecule has 0 bridgehead atoms. The number of hydrogen-bond donors (Lipinski definition) is 0. The van der Waals surface area contributed by atoms with E-state index in [1.807, 2.05) is 12.4 Å². The third kappa shape index (κ3) is 2.56. The van der Waals surface area contributed by atoms with E-state index in [9.17, 15) is 4.79 Å². The number of carbonyl (C=O) groups is 1. The minimum atomic E-state index is 0.172. The average molecular weight is 386 g/mol. The first-order chi connectivity index (χ1) is 14.1. The summed E-state index contributed by atoms with van der Waals surface area (Å²) in [6.45, 7) is 2.48. The topological polar surface area (TPSA) is 39.2 Å². The lowest BCUT2D eigenvalue weighted by atomic mass is 9.61. The predicted molar refractivity (Wildman–Crippen MR) is 113 cm³/mol. The monoisotopic (exact) mass is 385 g/mol. The van der Waals surface area contributed by atoms with Crippen LogP contribution in [0.25, 0.3) is 10.8 Å². The van der Waals surface area contributed by atoms with Gasteiger partial charge >= 0.3 is 0 Å². The van der Waals surface area contributed by atoms with E-state index in [1.54, 1.807) is 0 Å². The normalized spacial score (nSPS) is 33.6. The molecule has 2 saturated carbocycles. The van der Waals surface area contributed by atoms with Gasteiger partial charge in [0, 0.05) is 36.5 Å². The van der Waals surface area contributed by atoms with Crippen molar-refractivity contribution in [3.63, 3.8) is 0 Å². The number of nitrogens with zero attached hydrogens (tertiary/aromatic N) is 1. The van der Waals surface area contributed by atoms with Crippen LogP contribution >= 0.6 is 0 Å². The van der Waals surface area contributed by atoms with Gasteiger partial charge in [-0.1, -0.05) is 19.1 Å². The van der Waals surface area contributed by atoms with Gasteiger partial charge < -0.3 is 4.74 Å². The molecule has 0 unspecified atom stereocenters. The van der Waals surface area contributed by atoms with E-state index in [1.165, 1.54) is 41.2 Å². The van der Waals surface area contributed by atoms with Crippen molar-refractivity contribution in [2.45, 2.75) is 63.9 Å². The Bertz CT molecular complexity index is 1080. The van der Waals surface area contributed by atoms with Crippen LogP contribution in [0.3, 0.4) is 0 Å².